The zero-order chi connectivity index (χ0) is 9.84. The van der Waals surface area contributed by atoms with Crippen molar-refractivity contribution in [3.8, 4) is 5.88 Å². The summed E-state index contributed by atoms with van der Waals surface area (Å²) >= 11 is 5.52. The highest BCUT2D eigenvalue weighted by atomic mass is 35.5. The molecule has 1 aromatic heterocycles. The van der Waals surface area contributed by atoms with Gasteiger partial charge >= 0.3 is 6.61 Å². The van der Waals surface area contributed by atoms with E-state index in [-0.39, 0.29) is 17.6 Å². The number of hydrogen-bond donors (Lipinski definition) is 1. The Kier molecular flexibility index (Phi) is 3.39. The van der Waals surface area contributed by atoms with Gasteiger partial charge in [0.25, 0.3) is 0 Å². The number of aliphatic hydroxyl groups excluding tert-OH is 1. The molecule has 1 heterocycles. The number of alkyl halides is 2. The first-order valence-electron chi connectivity index (χ1n) is 3.34. The van der Waals surface area contributed by atoms with Crippen molar-refractivity contribution in [3.63, 3.8) is 0 Å². The van der Waals surface area contributed by atoms with Crippen molar-refractivity contribution in [2.24, 2.45) is 0 Å². The van der Waals surface area contributed by atoms with E-state index in [0.717, 1.165) is 0 Å². The van der Waals surface area contributed by atoms with Gasteiger partial charge in [-0.05, 0) is 6.07 Å². The zero-order valence-corrected chi connectivity index (χ0v) is 7.13. The second-order valence-electron chi connectivity index (χ2n) is 2.14. The minimum absolute atomic E-state index is 0.0411. The van der Waals surface area contributed by atoms with Crippen molar-refractivity contribution in [3.05, 3.63) is 22.8 Å². The van der Waals surface area contributed by atoms with Gasteiger partial charge in [-0.1, -0.05) is 11.6 Å². The SMILES string of the molecule is OCc1ccc(OC(F)F)nc1Cl. The van der Waals surface area contributed by atoms with E-state index in [1.807, 2.05) is 0 Å². The third kappa shape index (κ3) is 2.78. The summed E-state index contributed by atoms with van der Waals surface area (Å²) in [6, 6.07) is 2.58. The number of aliphatic hydroxyl groups is 1. The quantitative estimate of drug-likeness (QED) is 0.773. The van der Waals surface area contributed by atoms with E-state index in [9.17, 15) is 8.78 Å². The van der Waals surface area contributed by atoms with Crippen LogP contribution in [0.3, 0.4) is 0 Å². The van der Waals surface area contributed by atoms with Crippen molar-refractivity contribution >= 4 is 11.6 Å². The molecule has 6 heteroatoms. The van der Waals surface area contributed by atoms with Crippen LogP contribution >= 0.6 is 11.6 Å². The number of ether oxygens (including phenoxy) is 1. The van der Waals surface area contributed by atoms with Gasteiger partial charge in [-0.15, -0.1) is 0 Å². The molecule has 1 N–H and O–H groups in total. The van der Waals surface area contributed by atoms with Gasteiger partial charge in [0.1, 0.15) is 5.15 Å². The minimum Gasteiger partial charge on any atom is -0.417 e. The van der Waals surface area contributed by atoms with Crippen LogP contribution in [-0.2, 0) is 6.61 Å². The van der Waals surface area contributed by atoms with Crippen LogP contribution in [0.15, 0.2) is 12.1 Å². The largest absolute Gasteiger partial charge is 0.417 e. The average Bonchev–Trinajstić information content (AvgIpc) is 2.03. The molecule has 0 radical (unpaired) electrons. The molecule has 13 heavy (non-hydrogen) atoms. The predicted octanol–water partition coefficient (Wildman–Crippen LogP) is 1.83. The molecular weight excluding hydrogens is 204 g/mol. The summed E-state index contributed by atoms with van der Waals surface area (Å²) in [4.78, 5) is 3.49. The number of aromatic nitrogens is 1. The molecule has 1 aromatic rings. The maximum absolute atomic E-state index is 11.7. The Labute approximate surface area is 77.9 Å². The highest BCUT2D eigenvalue weighted by Crippen LogP contribution is 2.18. The number of pyridine rings is 1. The normalized spacial score (nSPS) is 10.5. The van der Waals surface area contributed by atoms with Gasteiger partial charge in [-0.25, -0.2) is 4.98 Å². The molecule has 0 spiro atoms. The summed E-state index contributed by atoms with van der Waals surface area (Å²) in [5, 5.41) is 8.64. The molecule has 3 nitrogen and oxygen atoms in total. The molecule has 0 saturated heterocycles. The second-order valence-corrected chi connectivity index (χ2v) is 2.49. The molecule has 0 fully saturated rings. The van der Waals surface area contributed by atoms with Gasteiger partial charge in [0.2, 0.25) is 5.88 Å². The molecule has 0 aliphatic rings. The summed E-state index contributed by atoms with van der Waals surface area (Å²) in [6.07, 6.45) is 0. The third-order valence-corrected chi connectivity index (χ3v) is 1.61. The number of rotatable bonds is 3. The fourth-order valence-corrected chi connectivity index (χ4v) is 0.927. The Morgan fingerprint density at radius 3 is 2.69 bits per heavy atom. The van der Waals surface area contributed by atoms with Gasteiger partial charge in [-0.2, -0.15) is 8.78 Å². The van der Waals surface area contributed by atoms with E-state index in [2.05, 4.69) is 9.72 Å². The van der Waals surface area contributed by atoms with Gasteiger partial charge in [-0.3, -0.25) is 0 Å². The minimum atomic E-state index is -2.93. The van der Waals surface area contributed by atoms with Gasteiger partial charge in [0.15, 0.2) is 0 Å². The van der Waals surface area contributed by atoms with Gasteiger partial charge in [0, 0.05) is 11.6 Å². The molecular formula is C7H6ClF2NO2. The maximum Gasteiger partial charge on any atom is 0.388 e. The molecule has 0 aromatic carbocycles. The molecule has 72 valence electrons. The Morgan fingerprint density at radius 1 is 1.54 bits per heavy atom. The van der Waals surface area contributed by atoms with Crippen LogP contribution in [0.1, 0.15) is 5.56 Å². The van der Waals surface area contributed by atoms with E-state index < -0.39 is 6.61 Å². The van der Waals surface area contributed by atoms with Crippen LogP contribution in [0.5, 0.6) is 5.88 Å². The lowest BCUT2D eigenvalue weighted by Crippen LogP contribution is -2.04. The van der Waals surface area contributed by atoms with Crippen LogP contribution in [0.2, 0.25) is 5.15 Å². The first kappa shape index (κ1) is 10.1. The number of hydrogen-bond acceptors (Lipinski definition) is 3. The van der Waals surface area contributed by atoms with Crippen molar-refractivity contribution in [2.75, 3.05) is 0 Å². The van der Waals surface area contributed by atoms with Gasteiger partial charge < -0.3 is 9.84 Å². The Morgan fingerprint density at radius 2 is 2.23 bits per heavy atom. The van der Waals surface area contributed by atoms with Crippen molar-refractivity contribution in [1.29, 1.82) is 0 Å². The van der Waals surface area contributed by atoms with E-state index >= 15 is 0 Å². The first-order chi connectivity index (χ1) is 6.13. The summed E-state index contributed by atoms with van der Waals surface area (Å²) in [7, 11) is 0. The average molecular weight is 210 g/mol. The Balaban J connectivity index is 2.83. The summed E-state index contributed by atoms with van der Waals surface area (Å²) < 4.78 is 27.3. The third-order valence-electron chi connectivity index (χ3n) is 1.28. The van der Waals surface area contributed by atoms with Crippen LogP contribution in [0.25, 0.3) is 0 Å². The van der Waals surface area contributed by atoms with Crippen LogP contribution in [0, 0.1) is 0 Å². The summed E-state index contributed by atoms with van der Waals surface area (Å²) in [5.74, 6) is -0.266. The van der Waals surface area contributed by atoms with Crippen LogP contribution < -0.4 is 4.74 Å². The highest BCUT2D eigenvalue weighted by Gasteiger charge is 2.07. The van der Waals surface area contributed by atoms with E-state index in [0.29, 0.717) is 5.56 Å². The van der Waals surface area contributed by atoms with Crippen molar-refractivity contribution in [2.45, 2.75) is 13.2 Å². The van der Waals surface area contributed by atoms with Gasteiger partial charge in [0.05, 0.1) is 6.61 Å². The Hall–Kier alpha value is -0.940. The molecule has 1 rings (SSSR count). The first-order valence-corrected chi connectivity index (χ1v) is 3.72. The second kappa shape index (κ2) is 4.34. The molecule has 0 atom stereocenters. The monoisotopic (exact) mass is 209 g/mol. The van der Waals surface area contributed by atoms with E-state index in [1.165, 1.54) is 12.1 Å². The van der Waals surface area contributed by atoms with Crippen LogP contribution in [0.4, 0.5) is 8.78 Å². The van der Waals surface area contributed by atoms with Crippen LogP contribution in [-0.4, -0.2) is 16.7 Å². The lowest BCUT2D eigenvalue weighted by molar-refractivity contribution is -0.0528. The standard InChI is InChI=1S/C7H6ClF2NO2/c8-6-4(3-12)1-2-5(11-6)13-7(9)10/h1-2,7,12H,3H2. The number of halogens is 3. The van der Waals surface area contributed by atoms with Crippen molar-refractivity contribution < 1.29 is 18.6 Å². The predicted molar refractivity (Wildman–Crippen MR) is 41.8 cm³/mol. The molecule has 0 bridgehead atoms. The number of nitrogens with zero attached hydrogens (tertiary/aromatic N) is 1. The van der Waals surface area contributed by atoms with E-state index in [4.69, 9.17) is 16.7 Å². The molecule has 0 saturated carbocycles. The smallest absolute Gasteiger partial charge is 0.388 e. The fraction of sp³-hybridized carbons (Fsp3) is 0.286. The molecule has 0 unspecified atom stereocenters. The molecule has 0 aliphatic heterocycles. The summed E-state index contributed by atoms with van der Waals surface area (Å²) in [5.41, 5.74) is 0.364. The fourth-order valence-electron chi connectivity index (χ4n) is 0.721. The van der Waals surface area contributed by atoms with E-state index in [1.54, 1.807) is 0 Å². The lowest BCUT2D eigenvalue weighted by Gasteiger charge is -2.04. The maximum atomic E-state index is 11.7. The topological polar surface area (TPSA) is 42.4 Å². The lowest BCUT2D eigenvalue weighted by atomic mass is 10.3. The van der Waals surface area contributed by atoms with Crippen molar-refractivity contribution in [1.82, 2.24) is 4.98 Å². The summed E-state index contributed by atoms with van der Waals surface area (Å²) in [6.45, 7) is -3.22. The zero-order valence-electron chi connectivity index (χ0n) is 6.38. The Bertz CT molecular complexity index is 296. The molecule has 0 amide bonds. The highest BCUT2D eigenvalue weighted by molar-refractivity contribution is 6.30. The molecule has 0 aliphatic carbocycles.